The molecule has 362 valence electrons. The lowest BCUT2D eigenvalue weighted by Crippen LogP contribution is -2.34. The topological polar surface area (TPSA) is 119 Å². The van der Waals surface area contributed by atoms with Crippen LogP contribution in [0.25, 0.3) is 24.3 Å². The summed E-state index contributed by atoms with van der Waals surface area (Å²) < 4.78 is 73.3. The second kappa shape index (κ2) is 29.9. The van der Waals surface area contributed by atoms with E-state index < -0.39 is 0 Å². The summed E-state index contributed by atoms with van der Waals surface area (Å²) in [5.41, 5.74) is 6.65. The summed E-state index contributed by atoms with van der Waals surface area (Å²) in [7, 11) is 0. The first-order chi connectivity index (χ1) is 33.7. The molecular weight excluding hydrogens is 869 g/mol. The molecule has 0 saturated heterocycles. The quantitative estimate of drug-likeness (QED) is 0.161. The van der Waals surface area contributed by atoms with Crippen LogP contribution in [0, 0.1) is 0 Å². The minimum absolute atomic E-state index is 0.396. The van der Waals surface area contributed by atoms with Gasteiger partial charge in [0.15, 0.2) is 60.9 Å². The van der Waals surface area contributed by atoms with Crippen LogP contribution in [0.1, 0.15) is 33.4 Å². The Balaban J connectivity index is 0.870. The first-order valence-electron chi connectivity index (χ1n) is 23.6. The van der Waals surface area contributed by atoms with Gasteiger partial charge in [-0.2, -0.15) is 0 Å². The molecule has 0 saturated carbocycles. The SMILES string of the molecule is C(=C\c1ccc2c(c1)OCCOCCOCCOCCOCCO2)/c1cc[n+](Cc2ccc(C[n+]3ccc(/C=C/c4ccc5c(c4)OCCOCCOCCOCCOCCO5)cc3)cc2)cc1. The van der Waals surface area contributed by atoms with Crippen LogP contribution in [0.5, 0.6) is 23.0 Å². The first kappa shape index (κ1) is 50.2. The number of aromatic nitrogens is 2. The molecule has 0 bridgehead atoms. The number of fused-ring (bicyclic) bond motifs is 2. The Morgan fingerprint density at radius 1 is 0.279 bits per heavy atom. The number of nitrogens with zero attached hydrogens (tertiary/aromatic N) is 2. The van der Waals surface area contributed by atoms with Crippen molar-refractivity contribution in [3.05, 3.63) is 143 Å². The van der Waals surface area contributed by atoms with Crippen LogP contribution in [0.15, 0.2) is 110 Å². The van der Waals surface area contributed by atoms with Gasteiger partial charge in [-0.1, -0.05) is 60.7 Å². The number of hydrogen-bond donors (Lipinski definition) is 0. The van der Waals surface area contributed by atoms with Gasteiger partial charge in [0.2, 0.25) is 0 Å². The van der Waals surface area contributed by atoms with E-state index in [0.29, 0.717) is 155 Å². The van der Waals surface area contributed by atoms with Crippen LogP contribution < -0.4 is 28.1 Å². The monoisotopic (exact) mass is 934 g/mol. The second-order valence-electron chi connectivity index (χ2n) is 15.8. The van der Waals surface area contributed by atoms with Crippen LogP contribution in [0.3, 0.4) is 0 Å². The van der Waals surface area contributed by atoms with Crippen LogP contribution in [-0.4, -0.2) is 132 Å². The highest BCUT2D eigenvalue weighted by atomic mass is 16.6. The first-order valence-corrected chi connectivity index (χ1v) is 23.6. The summed E-state index contributed by atoms with van der Waals surface area (Å²) in [6.07, 6.45) is 16.8. The average molecular weight is 935 g/mol. The van der Waals surface area contributed by atoms with Crippen molar-refractivity contribution in [1.29, 1.82) is 0 Å². The molecule has 0 N–H and O–H groups in total. The van der Waals surface area contributed by atoms with Gasteiger partial charge in [0.25, 0.3) is 0 Å². The van der Waals surface area contributed by atoms with Gasteiger partial charge in [-0.25, -0.2) is 9.13 Å². The zero-order chi connectivity index (χ0) is 46.5. The number of hydrogen-bond acceptors (Lipinski definition) is 12. The van der Waals surface area contributed by atoms with E-state index in [1.807, 2.05) is 36.4 Å². The summed E-state index contributed by atoms with van der Waals surface area (Å²) in [5.74, 6) is 2.66. The van der Waals surface area contributed by atoms with Gasteiger partial charge in [-0.3, -0.25) is 0 Å². The van der Waals surface area contributed by atoms with Crippen LogP contribution in [0.4, 0.5) is 0 Å². The molecule has 2 aliphatic heterocycles. The lowest BCUT2D eigenvalue weighted by molar-refractivity contribution is -0.689. The molecular formula is C54H66N2O12+2. The zero-order valence-electron chi connectivity index (χ0n) is 39.1. The van der Waals surface area contributed by atoms with Crippen molar-refractivity contribution in [2.75, 3.05) is 132 Å². The van der Waals surface area contributed by atoms with E-state index in [0.717, 1.165) is 35.3 Å². The normalized spacial score (nSPS) is 17.4. The maximum atomic E-state index is 6.09. The van der Waals surface area contributed by atoms with E-state index in [-0.39, 0.29) is 0 Å². The van der Waals surface area contributed by atoms with Gasteiger partial charge >= 0.3 is 0 Å². The average Bonchev–Trinajstić information content (AvgIpc) is 3.36. The molecule has 0 aliphatic carbocycles. The minimum Gasteiger partial charge on any atom is -0.487 e. The molecule has 0 unspecified atom stereocenters. The summed E-state index contributed by atoms with van der Waals surface area (Å²) in [4.78, 5) is 0. The van der Waals surface area contributed by atoms with E-state index in [9.17, 15) is 0 Å². The number of rotatable bonds is 8. The third kappa shape index (κ3) is 18.8. The van der Waals surface area contributed by atoms with Crippen LogP contribution in [0.2, 0.25) is 0 Å². The van der Waals surface area contributed by atoms with E-state index in [2.05, 4.69) is 107 Å². The zero-order valence-corrected chi connectivity index (χ0v) is 39.1. The number of ether oxygens (including phenoxy) is 12. The van der Waals surface area contributed by atoms with Crippen molar-refractivity contribution in [1.82, 2.24) is 0 Å². The van der Waals surface area contributed by atoms with Crippen molar-refractivity contribution in [2.24, 2.45) is 0 Å². The molecule has 14 heteroatoms. The van der Waals surface area contributed by atoms with E-state index >= 15 is 0 Å². The Kier molecular flexibility index (Phi) is 22.1. The molecule has 0 radical (unpaired) electrons. The highest BCUT2D eigenvalue weighted by Gasteiger charge is 2.11. The van der Waals surface area contributed by atoms with Crippen molar-refractivity contribution in [3.8, 4) is 23.0 Å². The maximum Gasteiger partial charge on any atom is 0.173 e. The van der Waals surface area contributed by atoms with Gasteiger partial charge < -0.3 is 56.8 Å². The molecule has 5 aromatic rings. The van der Waals surface area contributed by atoms with E-state index in [1.165, 1.54) is 11.1 Å². The van der Waals surface area contributed by atoms with Crippen LogP contribution in [-0.2, 0) is 51.0 Å². The summed E-state index contributed by atoms with van der Waals surface area (Å²) in [6, 6.07) is 29.2. The number of benzene rings is 3. The molecule has 0 atom stereocenters. The van der Waals surface area contributed by atoms with Gasteiger partial charge in [0.1, 0.15) is 26.4 Å². The summed E-state index contributed by atoms with van der Waals surface area (Å²) in [5, 5.41) is 0. The largest absolute Gasteiger partial charge is 0.487 e. The third-order valence-electron chi connectivity index (χ3n) is 10.6. The second-order valence-corrected chi connectivity index (χ2v) is 15.8. The molecule has 0 fully saturated rings. The van der Waals surface area contributed by atoms with E-state index in [1.54, 1.807) is 0 Å². The fourth-order valence-electron chi connectivity index (χ4n) is 7.01. The predicted octanol–water partition coefficient (Wildman–Crippen LogP) is 6.37. The Hall–Kier alpha value is -5.68. The van der Waals surface area contributed by atoms with Gasteiger partial charge in [-0.15, -0.1) is 0 Å². The fourth-order valence-corrected chi connectivity index (χ4v) is 7.01. The fraction of sp³-hybridized carbons (Fsp3) is 0.407. The van der Waals surface area contributed by atoms with Gasteiger partial charge in [0, 0.05) is 35.4 Å². The Bertz CT molecular complexity index is 2080. The lowest BCUT2D eigenvalue weighted by Gasteiger charge is -2.14. The Labute approximate surface area is 400 Å². The Morgan fingerprint density at radius 2 is 0.544 bits per heavy atom. The van der Waals surface area contributed by atoms with Gasteiger partial charge in [0.05, 0.1) is 106 Å². The third-order valence-corrected chi connectivity index (χ3v) is 10.6. The molecule has 14 nitrogen and oxygen atoms in total. The maximum absolute atomic E-state index is 6.09. The molecule has 3 aromatic carbocycles. The van der Waals surface area contributed by atoms with Crippen LogP contribution >= 0.6 is 0 Å². The minimum atomic E-state index is 0.396. The summed E-state index contributed by atoms with van der Waals surface area (Å²) >= 11 is 0. The number of pyridine rings is 2. The molecule has 2 aliphatic rings. The molecule has 4 heterocycles. The summed E-state index contributed by atoms with van der Waals surface area (Å²) in [6.45, 7) is 11.1. The molecule has 0 amide bonds. The lowest BCUT2D eigenvalue weighted by atomic mass is 10.1. The predicted molar refractivity (Wildman–Crippen MR) is 257 cm³/mol. The van der Waals surface area contributed by atoms with Crippen molar-refractivity contribution >= 4 is 24.3 Å². The molecule has 2 aromatic heterocycles. The van der Waals surface area contributed by atoms with Gasteiger partial charge in [-0.05, 0) is 46.5 Å². The molecule has 0 spiro atoms. The smallest absolute Gasteiger partial charge is 0.173 e. The highest BCUT2D eigenvalue weighted by molar-refractivity contribution is 5.71. The standard InChI is InChI=1S/C54H66N2O12/c1(3-47-9-11-51-53(41-47)67-39-35-63-31-27-59-23-21-57-25-29-61-33-37-65-51)45-13-17-55(18-14-45)43-49-5-7-50(8-6-49)44-56-19-15-46(16-20-56)2-4-48-10-12-52-54(42-48)68-40-36-64-32-28-60-24-22-58-26-30-62-34-38-66-52/h1-20,41-42H,21-40,43-44H2/q+2/b3-1+,4-2+. The van der Waals surface area contributed by atoms with E-state index in [4.69, 9.17) is 56.8 Å². The van der Waals surface area contributed by atoms with Crippen molar-refractivity contribution in [3.63, 3.8) is 0 Å². The van der Waals surface area contributed by atoms with Crippen molar-refractivity contribution in [2.45, 2.75) is 13.1 Å². The highest BCUT2D eigenvalue weighted by Crippen LogP contribution is 2.30. The van der Waals surface area contributed by atoms with Crippen molar-refractivity contribution < 1.29 is 66.0 Å². The molecule has 68 heavy (non-hydrogen) atoms. The molecule has 7 rings (SSSR count). The Morgan fingerprint density at radius 3 is 0.853 bits per heavy atom.